The lowest BCUT2D eigenvalue weighted by Gasteiger charge is -2.09. The van der Waals surface area contributed by atoms with Crippen molar-refractivity contribution in [2.24, 2.45) is 0 Å². The van der Waals surface area contributed by atoms with Gasteiger partial charge >= 0.3 is 0 Å². The number of ether oxygens (including phenoxy) is 1. The van der Waals surface area contributed by atoms with E-state index in [1.54, 1.807) is 7.11 Å². The minimum absolute atomic E-state index is 0.161. The Bertz CT molecular complexity index is 230. The molecule has 0 aromatic heterocycles. The van der Waals surface area contributed by atoms with Gasteiger partial charge in [0, 0.05) is 13.0 Å². The maximum Gasteiger partial charge on any atom is 0.0793 e. The Labute approximate surface area is 78.3 Å². The normalized spacial score (nSPS) is 12.9. The summed E-state index contributed by atoms with van der Waals surface area (Å²) in [4.78, 5) is 0. The summed E-state index contributed by atoms with van der Waals surface area (Å²) < 4.78 is 5.18. The van der Waals surface area contributed by atoms with E-state index in [4.69, 9.17) is 16.3 Å². The zero-order chi connectivity index (χ0) is 8.97. The number of halogens is 1. The van der Waals surface area contributed by atoms with Crippen LogP contribution in [-0.2, 0) is 10.6 Å². The van der Waals surface area contributed by atoms with Crippen LogP contribution in [0.2, 0.25) is 0 Å². The number of benzene rings is 1. The van der Waals surface area contributed by atoms with Crippen LogP contribution in [0, 0.1) is 0 Å². The quantitative estimate of drug-likeness (QED) is 0.656. The van der Waals surface area contributed by atoms with Crippen molar-refractivity contribution in [1.29, 1.82) is 0 Å². The monoisotopic (exact) mass is 184 g/mol. The molecule has 66 valence electrons. The molecule has 0 aliphatic rings. The highest BCUT2D eigenvalue weighted by Gasteiger charge is 2.01. The summed E-state index contributed by atoms with van der Waals surface area (Å²) in [5, 5.41) is 0. The summed E-state index contributed by atoms with van der Waals surface area (Å²) in [6, 6.07) is 8.15. The van der Waals surface area contributed by atoms with E-state index in [-0.39, 0.29) is 6.10 Å². The molecule has 0 unspecified atom stereocenters. The van der Waals surface area contributed by atoms with Gasteiger partial charge in [0.05, 0.1) is 6.10 Å². The number of rotatable bonds is 3. The minimum Gasteiger partial charge on any atom is -0.377 e. The maximum absolute atomic E-state index is 5.66. The zero-order valence-corrected chi connectivity index (χ0v) is 8.14. The number of alkyl halides is 1. The van der Waals surface area contributed by atoms with E-state index in [0.717, 1.165) is 5.56 Å². The molecule has 0 bridgehead atoms. The Kier molecular flexibility index (Phi) is 3.57. The van der Waals surface area contributed by atoms with Crippen molar-refractivity contribution in [2.75, 3.05) is 7.11 Å². The van der Waals surface area contributed by atoms with E-state index in [1.165, 1.54) is 5.56 Å². The first-order chi connectivity index (χ1) is 5.77. The zero-order valence-electron chi connectivity index (χ0n) is 7.38. The van der Waals surface area contributed by atoms with Crippen LogP contribution in [-0.4, -0.2) is 7.11 Å². The van der Waals surface area contributed by atoms with Crippen molar-refractivity contribution >= 4 is 11.6 Å². The lowest BCUT2D eigenvalue weighted by atomic mass is 10.1. The molecule has 1 atom stereocenters. The molecule has 1 aromatic rings. The van der Waals surface area contributed by atoms with E-state index in [9.17, 15) is 0 Å². The number of hydrogen-bond acceptors (Lipinski definition) is 1. The van der Waals surface area contributed by atoms with Crippen molar-refractivity contribution in [2.45, 2.75) is 18.9 Å². The first-order valence-corrected chi connectivity index (χ1v) is 4.49. The summed E-state index contributed by atoms with van der Waals surface area (Å²) in [5.74, 6) is 0.571. The van der Waals surface area contributed by atoms with E-state index in [1.807, 2.05) is 31.2 Å². The van der Waals surface area contributed by atoms with Gasteiger partial charge in [-0.15, -0.1) is 11.6 Å². The molecular formula is C10H13ClO. The van der Waals surface area contributed by atoms with Crippen LogP contribution in [0.15, 0.2) is 24.3 Å². The van der Waals surface area contributed by atoms with Gasteiger partial charge in [0.2, 0.25) is 0 Å². The van der Waals surface area contributed by atoms with Gasteiger partial charge in [-0.1, -0.05) is 24.3 Å². The maximum atomic E-state index is 5.66. The lowest BCUT2D eigenvalue weighted by Crippen LogP contribution is -1.95. The fraction of sp³-hybridized carbons (Fsp3) is 0.400. The molecule has 0 radical (unpaired) electrons. The van der Waals surface area contributed by atoms with Crippen LogP contribution < -0.4 is 0 Å². The third kappa shape index (κ3) is 2.23. The van der Waals surface area contributed by atoms with Crippen LogP contribution in [0.1, 0.15) is 24.2 Å². The molecule has 12 heavy (non-hydrogen) atoms. The topological polar surface area (TPSA) is 9.23 Å². The van der Waals surface area contributed by atoms with Crippen LogP contribution in [0.4, 0.5) is 0 Å². The smallest absolute Gasteiger partial charge is 0.0793 e. The molecule has 0 heterocycles. The third-order valence-corrected chi connectivity index (χ3v) is 2.27. The van der Waals surface area contributed by atoms with Crippen LogP contribution in [0.3, 0.4) is 0 Å². The average molecular weight is 185 g/mol. The van der Waals surface area contributed by atoms with Gasteiger partial charge in [0.15, 0.2) is 0 Å². The molecule has 0 spiro atoms. The molecule has 0 aliphatic heterocycles. The van der Waals surface area contributed by atoms with Crippen molar-refractivity contribution in [3.63, 3.8) is 0 Å². The second-order valence-electron chi connectivity index (χ2n) is 2.75. The molecule has 0 aliphatic carbocycles. The van der Waals surface area contributed by atoms with Gasteiger partial charge in [-0.05, 0) is 18.1 Å². The molecule has 1 aromatic carbocycles. The Morgan fingerprint density at radius 1 is 1.33 bits per heavy atom. The second kappa shape index (κ2) is 4.48. The van der Waals surface area contributed by atoms with E-state index >= 15 is 0 Å². The minimum atomic E-state index is 0.161. The van der Waals surface area contributed by atoms with Gasteiger partial charge in [0.1, 0.15) is 0 Å². The highest BCUT2D eigenvalue weighted by Crippen LogP contribution is 2.16. The molecule has 0 saturated carbocycles. The van der Waals surface area contributed by atoms with E-state index in [2.05, 4.69) is 0 Å². The Morgan fingerprint density at radius 2 is 1.92 bits per heavy atom. The summed E-state index contributed by atoms with van der Waals surface area (Å²) >= 11 is 5.66. The molecule has 1 nitrogen and oxygen atoms in total. The standard InChI is InChI=1S/C10H13ClO/c1-8(12-2)10-5-3-9(7-11)4-6-10/h3-6,8H,7H2,1-2H3/t8-/m1/s1. The first kappa shape index (κ1) is 9.56. The predicted molar refractivity (Wildman–Crippen MR) is 51.4 cm³/mol. The second-order valence-corrected chi connectivity index (χ2v) is 3.02. The number of methoxy groups -OCH3 is 1. The van der Waals surface area contributed by atoms with Gasteiger partial charge in [-0.3, -0.25) is 0 Å². The lowest BCUT2D eigenvalue weighted by molar-refractivity contribution is 0.119. The van der Waals surface area contributed by atoms with Gasteiger partial charge in [0.25, 0.3) is 0 Å². The van der Waals surface area contributed by atoms with Crippen molar-refractivity contribution in [3.05, 3.63) is 35.4 Å². The first-order valence-electron chi connectivity index (χ1n) is 3.95. The van der Waals surface area contributed by atoms with Crippen molar-refractivity contribution < 1.29 is 4.74 Å². The summed E-state index contributed by atoms with van der Waals surface area (Å²) in [5.41, 5.74) is 2.33. The highest BCUT2D eigenvalue weighted by molar-refractivity contribution is 6.17. The fourth-order valence-electron chi connectivity index (χ4n) is 1.01. The highest BCUT2D eigenvalue weighted by atomic mass is 35.5. The molecule has 0 N–H and O–H groups in total. The predicted octanol–water partition coefficient (Wildman–Crippen LogP) is 3.13. The summed E-state index contributed by atoms with van der Waals surface area (Å²) in [6.45, 7) is 2.02. The molecule has 2 heteroatoms. The van der Waals surface area contributed by atoms with Gasteiger partial charge < -0.3 is 4.74 Å². The Balaban J connectivity index is 2.77. The van der Waals surface area contributed by atoms with Crippen LogP contribution in [0.5, 0.6) is 0 Å². The molecule has 0 saturated heterocycles. The van der Waals surface area contributed by atoms with E-state index < -0.39 is 0 Å². The molecule has 0 fully saturated rings. The van der Waals surface area contributed by atoms with Crippen molar-refractivity contribution in [3.8, 4) is 0 Å². The fourth-order valence-corrected chi connectivity index (χ4v) is 1.19. The van der Waals surface area contributed by atoms with Crippen LogP contribution >= 0.6 is 11.6 Å². The SMILES string of the molecule is CO[C@H](C)c1ccc(CCl)cc1. The van der Waals surface area contributed by atoms with Gasteiger partial charge in [-0.2, -0.15) is 0 Å². The van der Waals surface area contributed by atoms with Crippen molar-refractivity contribution in [1.82, 2.24) is 0 Å². The third-order valence-electron chi connectivity index (χ3n) is 1.96. The molecule has 0 amide bonds. The molecule has 1 rings (SSSR count). The van der Waals surface area contributed by atoms with E-state index in [0.29, 0.717) is 5.88 Å². The Morgan fingerprint density at radius 3 is 2.33 bits per heavy atom. The summed E-state index contributed by atoms with van der Waals surface area (Å²) in [7, 11) is 1.71. The molecular weight excluding hydrogens is 172 g/mol. The largest absolute Gasteiger partial charge is 0.377 e. The number of hydrogen-bond donors (Lipinski definition) is 0. The Hall–Kier alpha value is -0.530. The van der Waals surface area contributed by atoms with Gasteiger partial charge in [-0.25, -0.2) is 0 Å². The average Bonchev–Trinajstić information content (AvgIpc) is 2.17. The summed E-state index contributed by atoms with van der Waals surface area (Å²) in [6.07, 6.45) is 0.161. The van der Waals surface area contributed by atoms with Crippen LogP contribution in [0.25, 0.3) is 0 Å².